The van der Waals surface area contributed by atoms with Crippen molar-refractivity contribution in [1.29, 1.82) is 0 Å². The van der Waals surface area contributed by atoms with E-state index in [1.165, 1.54) is 18.2 Å². The molecule has 1 amide bonds. The zero-order valence-electron chi connectivity index (χ0n) is 15.1. The van der Waals surface area contributed by atoms with Gasteiger partial charge in [0.05, 0.1) is 23.7 Å². The summed E-state index contributed by atoms with van der Waals surface area (Å²) in [5.74, 6) is -1.24. The number of carbonyl (C=O) groups excluding carboxylic acids is 2. The Labute approximate surface area is 156 Å². The number of nitrogens with zero attached hydrogens (tertiary/aromatic N) is 2. The van der Waals surface area contributed by atoms with Crippen molar-refractivity contribution in [2.24, 2.45) is 0 Å². The number of hydrogen-bond donors (Lipinski definition) is 1. The second-order valence-electron chi connectivity index (χ2n) is 5.83. The van der Waals surface area contributed by atoms with Gasteiger partial charge in [0.2, 0.25) is 0 Å². The van der Waals surface area contributed by atoms with Crippen molar-refractivity contribution >= 4 is 23.3 Å². The highest BCUT2D eigenvalue weighted by molar-refractivity contribution is 5.93. The molecular weight excluding hydrogens is 358 g/mol. The van der Waals surface area contributed by atoms with Crippen LogP contribution in [0.25, 0.3) is 0 Å². The minimum atomic E-state index is -0.793. The number of rotatable bonds is 9. The van der Waals surface area contributed by atoms with E-state index in [0.717, 1.165) is 0 Å². The minimum absolute atomic E-state index is 0.0193. The number of esters is 1. The largest absolute Gasteiger partial charge is 0.452 e. The van der Waals surface area contributed by atoms with E-state index in [0.29, 0.717) is 51.6 Å². The molecule has 0 atom stereocenters. The smallest absolute Gasteiger partial charge is 0.338 e. The van der Waals surface area contributed by atoms with Gasteiger partial charge in [-0.05, 0) is 18.6 Å². The lowest BCUT2D eigenvalue weighted by molar-refractivity contribution is -0.384. The van der Waals surface area contributed by atoms with Gasteiger partial charge in [0.25, 0.3) is 11.6 Å². The fourth-order valence-electron chi connectivity index (χ4n) is 2.58. The van der Waals surface area contributed by atoms with Gasteiger partial charge in [-0.25, -0.2) is 4.79 Å². The Morgan fingerprint density at radius 2 is 2.07 bits per heavy atom. The van der Waals surface area contributed by atoms with E-state index < -0.39 is 23.4 Å². The van der Waals surface area contributed by atoms with Crippen LogP contribution in [0.5, 0.6) is 0 Å². The molecule has 0 bridgehead atoms. The molecule has 0 unspecified atom stereocenters. The Bertz CT molecular complexity index is 674. The Kier molecular flexibility index (Phi) is 7.96. The molecule has 10 nitrogen and oxygen atoms in total. The highest BCUT2D eigenvalue weighted by Crippen LogP contribution is 2.30. The number of nitro groups is 1. The average molecular weight is 381 g/mol. The maximum absolute atomic E-state index is 12.1. The van der Waals surface area contributed by atoms with E-state index >= 15 is 0 Å². The summed E-state index contributed by atoms with van der Waals surface area (Å²) in [6, 6.07) is 4.14. The summed E-state index contributed by atoms with van der Waals surface area (Å²) in [5.41, 5.74) is 0.261. The standard InChI is InChI=1S/C17H23N3O7/c1-25-8-2-5-18-16(21)12-27-17(22)13-3-4-14(15(11-13)20(23)24)19-6-9-26-10-7-19/h3-4,11H,2,5-10,12H2,1H3,(H,18,21). The number of hydrogen-bond acceptors (Lipinski definition) is 8. The van der Waals surface area contributed by atoms with Crippen molar-refractivity contribution in [2.75, 3.05) is 58.1 Å². The van der Waals surface area contributed by atoms with E-state index in [1.807, 2.05) is 4.90 Å². The minimum Gasteiger partial charge on any atom is -0.452 e. The third-order valence-electron chi connectivity index (χ3n) is 3.94. The van der Waals surface area contributed by atoms with Crippen LogP contribution in [-0.2, 0) is 19.0 Å². The second kappa shape index (κ2) is 10.4. The Balaban J connectivity index is 1.96. The summed E-state index contributed by atoms with van der Waals surface area (Å²) in [6.45, 7) is 2.51. The first kappa shape index (κ1) is 20.6. The van der Waals surface area contributed by atoms with Gasteiger partial charge in [0, 0.05) is 39.4 Å². The predicted octanol–water partition coefficient (Wildman–Crippen LogP) is 0.741. The van der Waals surface area contributed by atoms with Crippen LogP contribution in [0.3, 0.4) is 0 Å². The molecule has 1 N–H and O–H groups in total. The van der Waals surface area contributed by atoms with Gasteiger partial charge < -0.3 is 24.4 Å². The molecule has 0 spiro atoms. The second-order valence-corrected chi connectivity index (χ2v) is 5.83. The lowest BCUT2D eigenvalue weighted by atomic mass is 10.1. The fraction of sp³-hybridized carbons (Fsp3) is 0.529. The number of morpholine rings is 1. The Hall–Kier alpha value is -2.72. The van der Waals surface area contributed by atoms with Gasteiger partial charge in [0.1, 0.15) is 5.69 Å². The zero-order chi connectivity index (χ0) is 19.6. The molecule has 148 valence electrons. The molecule has 1 fully saturated rings. The van der Waals surface area contributed by atoms with Crippen molar-refractivity contribution in [3.8, 4) is 0 Å². The van der Waals surface area contributed by atoms with Crippen LogP contribution in [0.2, 0.25) is 0 Å². The molecule has 1 aliphatic heterocycles. The summed E-state index contributed by atoms with van der Waals surface area (Å²) in [7, 11) is 1.56. The van der Waals surface area contributed by atoms with Crippen LogP contribution >= 0.6 is 0 Å². The van der Waals surface area contributed by atoms with Crippen molar-refractivity contribution in [3.05, 3.63) is 33.9 Å². The van der Waals surface area contributed by atoms with Gasteiger partial charge in [-0.2, -0.15) is 0 Å². The maximum Gasteiger partial charge on any atom is 0.338 e. The van der Waals surface area contributed by atoms with Gasteiger partial charge in [0.15, 0.2) is 6.61 Å². The third kappa shape index (κ3) is 6.19. The molecule has 0 aromatic heterocycles. The monoisotopic (exact) mass is 381 g/mol. The quantitative estimate of drug-likeness (QED) is 0.288. The normalized spacial score (nSPS) is 13.9. The molecule has 1 aromatic rings. The number of carbonyl (C=O) groups is 2. The molecule has 1 aliphatic rings. The Morgan fingerprint density at radius 1 is 1.33 bits per heavy atom. The molecule has 0 aliphatic carbocycles. The van der Waals surface area contributed by atoms with Gasteiger partial charge >= 0.3 is 5.97 Å². The van der Waals surface area contributed by atoms with E-state index in [4.69, 9.17) is 14.2 Å². The first-order valence-corrected chi connectivity index (χ1v) is 8.57. The summed E-state index contributed by atoms with van der Waals surface area (Å²) in [5, 5.41) is 14.0. The molecule has 2 rings (SSSR count). The lowest BCUT2D eigenvalue weighted by Gasteiger charge is -2.28. The van der Waals surface area contributed by atoms with Crippen LogP contribution in [-0.4, -0.2) is 70.0 Å². The third-order valence-corrected chi connectivity index (χ3v) is 3.94. The van der Waals surface area contributed by atoms with Gasteiger partial charge in [-0.15, -0.1) is 0 Å². The number of nitrogens with one attached hydrogen (secondary N) is 1. The maximum atomic E-state index is 12.1. The molecule has 1 aromatic carbocycles. The first-order valence-electron chi connectivity index (χ1n) is 8.57. The number of ether oxygens (including phenoxy) is 3. The van der Waals surface area contributed by atoms with Crippen LogP contribution in [0.1, 0.15) is 16.8 Å². The lowest BCUT2D eigenvalue weighted by Crippen LogP contribution is -2.36. The van der Waals surface area contributed by atoms with Crippen molar-refractivity contribution < 1.29 is 28.7 Å². The first-order chi connectivity index (χ1) is 13.0. The van der Waals surface area contributed by atoms with Crippen molar-refractivity contribution in [2.45, 2.75) is 6.42 Å². The fourth-order valence-corrected chi connectivity index (χ4v) is 2.58. The van der Waals surface area contributed by atoms with E-state index in [1.54, 1.807) is 7.11 Å². The van der Waals surface area contributed by atoms with Crippen LogP contribution in [0.4, 0.5) is 11.4 Å². The molecular formula is C17H23N3O7. The summed E-state index contributed by atoms with van der Waals surface area (Å²) in [4.78, 5) is 36.4. The Morgan fingerprint density at radius 3 is 2.74 bits per heavy atom. The number of nitro benzene ring substituents is 1. The average Bonchev–Trinajstić information content (AvgIpc) is 2.69. The highest BCUT2D eigenvalue weighted by Gasteiger charge is 2.24. The number of methoxy groups -OCH3 is 1. The number of anilines is 1. The van der Waals surface area contributed by atoms with Gasteiger partial charge in [-0.1, -0.05) is 0 Å². The van der Waals surface area contributed by atoms with Crippen molar-refractivity contribution in [3.63, 3.8) is 0 Å². The van der Waals surface area contributed by atoms with E-state index in [9.17, 15) is 19.7 Å². The molecule has 1 heterocycles. The molecule has 0 saturated carbocycles. The van der Waals surface area contributed by atoms with E-state index in [2.05, 4.69) is 5.32 Å². The topological polar surface area (TPSA) is 120 Å². The van der Waals surface area contributed by atoms with Gasteiger partial charge in [-0.3, -0.25) is 14.9 Å². The van der Waals surface area contributed by atoms with Crippen molar-refractivity contribution in [1.82, 2.24) is 5.32 Å². The summed E-state index contributed by atoms with van der Waals surface area (Å²) >= 11 is 0. The zero-order valence-corrected chi connectivity index (χ0v) is 15.1. The molecule has 1 saturated heterocycles. The van der Waals surface area contributed by atoms with Crippen LogP contribution < -0.4 is 10.2 Å². The predicted molar refractivity (Wildman–Crippen MR) is 95.9 cm³/mol. The molecule has 27 heavy (non-hydrogen) atoms. The SMILES string of the molecule is COCCCNC(=O)COC(=O)c1ccc(N2CCOCC2)c([N+](=O)[O-])c1. The number of benzene rings is 1. The van der Waals surface area contributed by atoms with E-state index in [-0.39, 0.29) is 11.3 Å². The summed E-state index contributed by atoms with van der Waals surface area (Å²) in [6.07, 6.45) is 0.644. The number of amides is 1. The highest BCUT2D eigenvalue weighted by atomic mass is 16.6. The molecule has 0 radical (unpaired) electrons. The molecule has 10 heteroatoms. The van der Waals surface area contributed by atoms with Crippen LogP contribution in [0.15, 0.2) is 18.2 Å². The summed E-state index contributed by atoms with van der Waals surface area (Å²) < 4.78 is 15.0. The van der Waals surface area contributed by atoms with Crippen LogP contribution in [0, 0.1) is 10.1 Å².